The number of alkyl halides is 9. The molecule has 2 atom stereocenters. The molecule has 3 rings (SSSR count). The normalized spacial score (nSPS) is 17.3. The van der Waals surface area contributed by atoms with Crippen molar-refractivity contribution in [3.63, 3.8) is 0 Å². The zero-order valence-electron chi connectivity index (χ0n) is 21.5. The van der Waals surface area contributed by atoms with E-state index in [1.54, 1.807) is 0 Å². The maximum atomic E-state index is 13.7. The van der Waals surface area contributed by atoms with Gasteiger partial charge in [0.2, 0.25) is 5.60 Å². The Hall–Kier alpha value is -3.75. The largest absolute Gasteiger partial charge is 0.466 e. The number of esters is 1. The third kappa shape index (κ3) is 5.99. The van der Waals surface area contributed by atoms with Crippen LogP contribution in [0.1, 0.15) is 48.1 Å². The minimum atomic E-state index is -5.39. The summed E-state index contributed by atoms with van der Waals surface area (Å²) in [6.45, 7) is 2.78. The molecule has 1 aliphatic heterocycles. The molecule has 0 unspecified atom stereocenters. The molecule has 2 aromatic carbocycles. The Kier molecular flexibility index (Phi) is 8.46. The van der Waals surface area contributed by atoms with Gasteiger partial charge in [-0.1, -0.05) is 13.0 Å². The van der Waals surface area contributed by atoms with Gasteiger partial charge in [0.25, 0.3) is 0 Å². The summed E-state index contributed by atoms with van der Waals surface area (Å²) in [7, 11) is 0.671. The van der Waals surface area contributed by atoms with Crippen molar-refractivity contribution in [2.45, 2.75) is 50.4 Å². The lowest BCUT2D eigenvalue weighted by atomic mass is 9.77. The van der Waals surface area contributed by atoms with Crippen LogP contribution in [0.3, 0.4) is 0 Å². The zero-order chi connectivity index (χ0) is 31.1. The molecule has 0 bridgehead atoms. The monoisotopic (exact) mass is 599 g/mol. The van der Waals surface area contributed by atoms with Crippen LogP contribution in [0.25, 0.3) is 5.57 Å². The Bertz CT molecular complexity index is 1330. The summed E-state index contributed by atoms with van der Waals surface area (Å²) in [4.78, 5) is 26.7. The Morgan fingerprint density at radius 3 is 1.78 bits per heavy atom. The molecule has 0 radical (unpaired) electrons. The topological polar surface area (TPSA) is 76.1 Å². The van der Waals surface area contributed by atoms with Crippen molar-refractivity contribution in [1.29, 1.82) is 0 Å². The molecular weight excluding hydrogens is 577 g/mol. The number of hydrogen-bond donors (Lipinski definition) is 1. The Balaban J connectivity index is 2.48. The number of halogens is 9. The van der Waals surface area contributed by atoms with Gasteiger partial charge in [0.15, 0.2) is 0 Å². The average molecular weight is 599 g/mol. The van der Waals surface area contributed by atoms with Crippen molar-refractivity contribution in [3.8, 4) is 0 Å². The molecule has 0 saturated heterocycles. The number of nitrogens with zero attached hydrogens (tertiary/aromatic N) is 1. The van der Waals surface area contributed by atoms with Gasteiger partial charge in [-0.25, -0.2) is 9.59 Å². The van der Waals surface area contributed by atoms with Crippen molar-refractivity contribution in [2.75, 3.05) is 18.6 Å². The van der Waals surface area contributed by atoms with E-state index in [0.29, 0.717) is 19.2 Å². The van der Waals surface area contributed by atoms with E-state index >= 15 is 0 Å². The SMILES string of the molecule is CCOC(=O)N1c2ccc(C(F)(F)F)cc2C([C@@](O)(C(=O)OC)c2cc(C(F)(F)F)cc(C(F)(F)F)c2)=C[C@@H]1CC. The third-order valence-electron chi connectivity index (χ3n) is 6.32. The van der Waals surface area contributed by atoms with Crippen LogP contribution in [0.15, 0.2) is 42.5 Å². The Labute approximate surface area is 226 Å². The van der Waals surface area contributed by atoms with Gasteiger partial charge in [0.05, 0.1) is 42.1 Å². The molecule has 224 valence electrons. The first kappa shape index (κ1) is 31.8. The molecule has 6 nitrogen and oxygen atoms in total. The van der Waals surface area contributed by atoms with Crippen LogP contribution in [0.2, 0.25) is 0 Å². The van der Waals surface area contributed by atoms with E-state index < -0.39 is 75.6 Å². The second kappa shape index (κ2) is 10.9. The molecule has 1 amide bonds. The molecular formula is C26H22F9NO5. The van der Waals surface area contributed by atoms with Gasteiger partial charge < -0.3 is 14.6 Å². The highest BCUT2D eigenvalue weighted by molar-refractivity contribution is 6.04. The molecule has 15 heteroatoms. The molecule has 2 aromatic rings. The van der Waals surface area contributed by atoms with E-state index in [4.69, 9.17) is 4.74 Å². The van der Waals surface area contributed by atoms with Gasteiger partial charge in [-0.2, -0.15) is 39.5 Å². The van der Waals surface area contributed by atoms with Gasteiger partial charge in [-0.15, -0.1) is 0 Å². The quantitative estimate of drug-likeness (QED) is 0.298. The molecule has 1 aliphatic rings. The lowest BCUT2D eigenvalue weighted by molar-refractivity contribution is -0.158. The van der Waals surface area contributed by atoms with Crippen molar-refractivity contribution in [3.05, 3.63) is 70.3 Å². The van der Waals surface area contributed by atoms with Gasteiger partial charge in [0, 0.05) is 16.7 Å². The number of fused-ring (bicyclic) bond motifs is 1. The molecule has 1 N–H and O–H groups in total. The maximum Gasteiger partial charge on any atom is 0.416 e. The number of ether oxygens (including phenoxy) is 2. The van der Waals surface area contributed by atoms with Gasteiger partial charge in [-0.05, 0) is 49.7 Å². The second-order valence-corrected chi connectivity index (χ2v) is 8.85. The molecule has 0 spiro atoms. The van der Waals surface area contributed by atoms with E-state index in [2.05, 4.69) is 4.74 Å². The number of aliphatic hydroxyl groups is 1. The predicted octanol–water partition coefficient (Wildman–Crippen LogP) is 6.94. The van der Waals surface area contributed by atoms with E-state index in [-0.39, 0.29) is 36.9 Å². The minimum Gasteiger partial charge on any atom is -0.466 e. The van der Waals surface area contributed by atoms with Crippen molar-refractivity contribution in [1.82, 2.24) is 0 Å². The van der Waals surface area contributed by atoms with Crippen LogP contribution >= 0.6 is 0 Å². The maximum absolute atomic E-state index is 13.7. The second-order valence-electron chi connectivity index (χ2n) is 8.85. The van der Waals surface area contributed by atoms with Gasteiger partial charge in [0.1, 0.15) is 0 Å². The van der Waals surface area contributed by atoms with Gasteiger partial charge >= 0.3 is 30.6 Å². The Morgan fingerprint density at radius 1 is 0.829 bits per heavy atom. The fraction of sp³-hybridized carbons (Fsp3) is 0.385. The number of anilines is 1. The summed E-state index contributed by atoms with van der Waals surface area (Å²) < 4.78 is 132. The first-order chi connectivity index (χ1) is 18.8. The van der Waals surface area contributed by atoms with E-state index in [1.165, 1.54) is 13.8 Å². The number of amides is 1. The lowest BCUT2D eigenvalue weighted by Gasteiger charge is -2.39. The van der Waals surface area contributed by atoms with Gasteiger partial charge in [-0.3, -0.25) is 4.90 Å². The predicted molar refractivity (Wildman–Crippen MR) is 125 cm³/mol. The summed E-state index contributed by atoms with van der Waals surface area (Å²) in [6.07, 6.45) is -16.0. The minimum absolute atomic E-state index is 0.0313. The number of hydrogen-bond acceptors (Lipinski definition) is 5. The van der Waals surface area contributed by atoms with E-state index in [9.17, 15) is 54.2 Å². The van der Waals surface area contributed by atoms with Crippen LogP contribution in [0.5, 0.6) is 0 Å². The smallest absolute Gasteiger partial charge is 0.416 e. The zero-order valence-corrected chi connectivity index (χ0v) is 21.5. The summed E-state index contributed by atoms with van der Waals surface area (Å²) >= 11 is 0. The van der Waals surface area contributed by atoms with Crippen molar-refractivity contribution < 1.29 is 63.7 Å². The average Bonchev–Trinajstić information content (AvgIpc) is 2.89. The molecule has 41 heavy (non-hydrogen) atoms. The highest BCUT2D eigenvalue weighted by Gasteiger charge is 2.50. The molecule has 0 aliphatic carbocycles. The summed E-state index contributed by atoms with van der Waals surface area (Å²) in [5.74, 6) is -1.79. The van der Waals surface area contributed by atoms with Crippen LogP contribution in [0.4, 0.5) is 50.0 Å². The lowest BCUT2D eigenvalue weighted by Crippen LogP contribution is -2.46. The highest BCUT2D eigenvalue weighted by atomic mass is 19.4. The highest BCUT2D eigenvalue weighted by Crippen LogP contribution is 2.49. The van der Waals surface area contributed by atoms with E-state index in [0.717, 1.165) is 17.0 Å². The number of benzene rings is 2. The van der Waals surface area contributed by atoms with Crippen LogP contribution in [0, 0.1) is 0 Å². The van der Waals surface area contributed by atoms with E-state index in [1.807, 2.05) is 0 Å². The first-order valence-electron chi connectivity index (χ1n) is 11.8. The fourth-order valence-corrected chi connectivity index (χ4v) is 4.41. The van der Waals surface area contributed by atoms with Crippen LogP contribution < -0.4 is 4.90 Å². The van der Waals surface area contributed by atoms with Crippen molar-refractivity contribution >= 4 is 23.3 Å². The summed E-state index contributed by atoms with van der Waals surface area (Å²) in [5.41, 5.74) is -11.8. The standard InChI is InChI=1S/C26H22F9NO5/c1-4-17-12-19(18-11-13(24(27,28)29)6-7-20(18)36(17)22(38)41-5-2)23(39,21(37)40-3)14-8-15(25(30,31)32)10-16(9-14)26(33,34)35/h6-12,17,39H,4-5H2,1-3H3/t17-,23+/m0/s1. The fourth-order valence-electron chi connectivity index (χ4n) is 4.41. The molecule has 0 aromatic heterocycles. The van der Waals surface area contributed by atoms with Crippen molar-refractivity contribution in [2.24, 2.45) is 0 Å². The molecule has 0 saturated carbocycles. The number of methoxy groups -OCH3 is 1. The first-order valence-corrected chi connectivity index (χ1v) is 11.8. The summed E-state index contributed by atoms with van der Waals surface area (Å²) in [5, 5.41) is 11.7. The molecule has 0 fully saturated rings. The Morgan fingerprint density at radius 2 is 1.34 bits per heavy atom. The number of carbonyl (C=O) groups excluding carboxylic acids is 2. The number of carbonyl (C=O) groups is 2. The van der Waals surface area contributed by atoms with Crippen LogP contribution in [-0.2, 0) is 38.4 Å². The van der Waals surface area contributed by atoms with Crippen LogP contribution in [-0.4, -0.2) is 36.9 Å². The summed E-state index contributed by atoms with van der Waals surface area (Å²) in [6, 6.07) is 0.518. The molecule has 1 heterocycles. The third-order valence-corrected chi connectivity index (χ3v) is 6.32. The number of rotatable bonds is 5.